The largest absolute Gasteiger partial charge is 0.397 e. The van der Waals surface area contributed by atoms with E-state index in [1.54, 1.807) is 13.1 Å². The molecule has 1 aromatic rings. The van der Waals surface area contributed by atoms with Gasteiger partial charge in [-0.05, 0) is 35.0 Å². The Hall–Kier alpha value is -0.410. The van der Waals surface area contributed by atoms with Gasteiger partial charge in [0.15, 0.2) is 0 Å². The van der Waals surface area contributed by atoms with Crippen LogP contribution in [0.1, 0.15) is 6.92 Å². The molecule has 1 heterocycles. The van der Waals surface area contributed by atoms with Crippen LogP contribution in [0.25, 0.3) is 0 Å². The number of nitrogens with zero attached hydrogens (tertiary/aromatic N) is 1. The highest BCUT2D eigenvalue weighted by atomic mass is 79.9. The van der Waals surface area contributed by atoms with Crippen molar-refractivity contribution >= 4 is 15.9 Å². The average Bonchev–Trinajstić information content (AvgIpc) is 1.91. The normalized spacial score (nSPS) is 7.90. The smallest absolute Gasteiger partial charge is 0.106 e. The van der Waals surface area contributed by atoms with E-state index in [2.05, 4.69) is 20.9 Å². The number of hydrogen-bond donors (Lipinski definition) is 1. The molecule has 0 spiro atoms. The third kappa shape index (κ3) is 5.72. The summed E-state index contributed by atoms with van der Waals surface area (Å²) in [6.45, 7) is 1.93. The molecule has 0 aliphatic rings. The van der Waals surface area contributed by atoms with E-state index in [1.165, 1.54) is 0 Å². The molecule has 1 rings (SSSR count). The predicted molar refractivity (Wildman–Crippen MR) is 44.7 cm³/mol. The Morgan fingerprint density at radius 2 is 2.20 bits per heavy atom. The minimum atomic E-state index is 0.250. The number of hydrogen-bond acceptors (Lipinski definition) is 2. The molecule has 0 saturated heterocycles. The molecule has 0 amide bonds. The van der Waals surface area contributed by atoms with Gasteiger partial charge in [-0.15, -0.1) is 0 Å². The summed E-state index contributed by atoms with van der Waals surface area (Å²) in [4.78, 5) is 3.90. The van der Waals surface area contributed by atoms with Crippen LogP contribution in [0.5, 0.6) is 0 Å². The lowest BCUT2D eigenvalue weighted by Gasteiger charge is -1.80. The van der Waals surface area contributed by atoms with Crippen molar-refractivity contribution < 1.29 is 5.11 Å². The minimum absolute atomic E-state index is 0.250. The first-order valence-corrected chi connectivity index (χ1v) is 3.78. The molecule has 10 heavy (non-hydrogen) atoms. The van der Waals surface area contributed by atoms with Gasteiger partial charge < -0.3 is 5.11 Å². The summed E-state index contributed by atoms with van der Waals surface area (Å²) in [5.74, 6) is 0. The number of pyridine rings is 1. The molecule has 0 aromatic carbocycles. The highest BCUT2D eigenvalue weighted by Crippen LogP contribution is 2.00. The summed E-state index contributed by atoms with van der Waals surface area (Å²) >= 11 is 3.20. The van der Waals surface area contributed by atoms with Crippen LogP contribution in [-0.4, -0.2) is 16.7 Å². The summed E-state index contributed by atoms with van der Waals surface area (Å²) in [7, 11) is 0. The molecule has 0 fully saturated rings. The van der Waals surface area contributed by atoms with E-state index < -0.39 is 0 Å². The molecule has 0 radical (unpaired) electrons. The van der Waals surface area contributed by atoms with Gasteiger partial charge in [0.1, 0.15) is 4.60 Å². The number of aliphatic hydroxyl groups is 1. The van der Waals surface area contributed by atoms with Crippen LogP contribution in [-0.2, 0) is 0 Å². The van der Waals surface area contributed by atoms with Gasteiger partial charge in [-0.3, -0.25) is 0 Å². The maximum absolute atomic E-state index is 7.57. The van der Waals surface area contributed by atoms with Crippen LogP contribution in [0.15, 0.2) is 29.0 Å². The lowest BCUT2D eigenvalue weighted by atomic mass is 10.5. The first-order chi connectivity index (χ1) is 4.81. The van der Waals surface area contributed by atoms with Crippen molar-refractivity contribution in [3.05, 3.63) is 29.0 Å². The van der Waals surface area contributed by atoms with Gasteiger partial charge in [0.2, 0.25) is 0 Å². The summed E-state index contributed by atoms with van der Waals surface area (Å²) in [6, 6.07) is 5.70. The SMILES string of the molecule is Brc1ccccn1.CCO. The van der Waals surface area contributed by atoms with Crippen LogP contribution in [0.4, 0.5) is 0 Å². The van der Waals surface area contributed by atoms with Gasteiger partial charge in [-0.2, -0.15) is 0 Å². The zero-order valence-electron chi connectivity index (χ0n) is 5.79. The van der Waals surface area contributed by atoms with Crippen molar-refractivity contribution in [2.24, 2.45) is 0 Å². The Bertz CT molecular complexity index is 155. The van der Waals surface area contributed by atoms with Crippen LogP contribution in [0, 0.1) is 0 Å². The summed E-state index contributed by atoms with van der Waals surface area (Å²) < 4.78 is 0.884. The van der Waals surface area contributed by atoms with Crippen LogP contribution in [0.3, 0.4) is 0 Å². The molecule has 0 bridgehead atoms. The molecule has 0 saturated carbocycles. The Morgan fingerprint density at radius 3 is 2.40 bits per heavy atom. The fraction of sp³-hybridized carbons (Fsp3) is 0.286. The van der Waals surface area contributed by atoms with Crippen LogP contribution in [0.2, 0.25) is 0 Å². The highest BCUT2D eigenvalue weighted by Gasteiger charge is 1.75. The summed E-state index contributed by atoms with van der Waals surface area (Å²) in [6.07, 6.45) is 1.74. The van der Waals surface area contributed by atoms with E-state index in [0.717, 1.165) is 4.60 Å². The van der Waals surface area contributed by atoms with Gasteiger partial charge in [0.25, 0.3) is 0 Å². The van der Waals surface area contributed by atoms with Crippen molar-refractivity contribution in [2.75, 3.05) is 6.61 Å². The predicted octanol–water partition coefficient (Wildman–Crippen LogP) is 1.84. The van der Waals surface area contributed by atoms with Crippen molar-refractivity contribution in [1.82, 2.24) is 4.98 Å². The number of aliphatic hydroxyl groups excluding tert-OH is 1. The summed E-state index contributed by atoms with van der Waals surface area (Å²) in [5.41, 5.74) is 0. The Balaban J connectivity index is 0.000000236. The monoisotopic (exact) mass is 203 g/mol. The van der Waals surface area contributed by atoms with E-state index in [9.17, 15) is 0 Å². The van der Waals surface area contributed by atoms with Crippen molar-refractivity contribution in [3.63, 3.8) is 0 Å². The molecule has 56 valence electrons. The van der Waals surface area contributed by atoms with Gasteiger partial charge in [0, 0.05) is 12.8 Å². The zero-order valence-corrected chi connectivity index (χ0v) is 7.37. The minimum Gasteiger partial charge on any atom is -0.397 e. The van der Waals surface area contributed by atoms with Crippen LogP contribution < -0.4 is 0 Å². The van der Waals surface area contributed by atoms with Crippen molar-refractivity contribution in [3.8, 4) is 0 Å². The van der Waals surface area contributed by atoms with Gasteiger partial charge >= 0.3 is 0 Å². The summed E-state index contributed by atoms with van der Waals surface area (Å²) in [5, 5.41) is 7.57. The second kappa shape index (κ2) is 6.71. The number of aromatic nitrogens is 1. The number of halogens is 1. The van der Waals surface area contributed by atoms with Gasteiger partial charge in [0.05, 0.1) is 0 Å². The Labute approximate surface area is 69.0 Å². The van der Waals surface area contributed by atoms with E-state index in [-0.39, 0.29) is 6.61 Å². The second-order valence-corrected chi connectivity index (χ2v) is 2.28. The lowest BCUT2D eigenvalue weighted by molar-refractivity contribution is 0.318. The molecule has 0 unspecified atom stereocenters. The first-order valence-electron chi connectivity index (χ1n) is 2.98. The molecule has 1 aromatic heterocycles. The number of rotatable bonds is 0. The quantitative estimate of drug-likeness (QED) is 0.654. The van der Waals surface area contributed by atoms with E-state index in [1.807, 2.05) is 18.2 Å². The molecule has 2 nitrogen and oxygen atoms in total. The maximum atomic E-state index is 7.57. The second-order valence-electron chi connectivity index (χ2n) is 1.47. The molecular formula is C7H10BrNO. The van der Waals surface area contributed by atoms with Crippen molar-refractivity contribution in [1.29, 1.82) is 0 Å². The van der Waals surface area contributed by atoms with E-state index in [4.69, 9.17) is 5.11 Å². The molecule has 0 aliphatic carbocycles. The first kappa shape index (κ1) is 9.59. The third-order valence-corrected chi connectivity index (χ3v) is 1.10. The topological polar surface area (TPSA) is 33.1 Å². The molecule has 3 heteroatoms. The van der Waals surface area contributed by atoms with Crippen LogP contribution >= 0.6 is 15.9 Å². The lowest BCUT2D eigenvalue weighted by Crippen LogP contribution is -1.66. The average molecular weight is 204 g/mol. The molecule has 0 aliphatic heterocycles. The van der Waals surface area contributed by atoms with E-state index >= 15 is 0 Å². The fourth-order valence-corrected chi connectivity index (χ4v) is 0.613. The zero-order chi connectivity index (χ0) is 7.82. The van der Waals surface area contributed by atoms with E-state index in [0.29, 0.717) is 0 Å². The Kier molecular flexibility index (Phi) is 6.43. The maximum Gasteiger partial charge on any atom is 0.106 e. The molecule has 1 N–H and O–H groups in total. The molecule has 0 atom stereocenters. The van der Waals surface area contributed by atoms with Gasteiger partial charge in [-0.1, -0.05) is 6.07 Å². The standard InChI is InChI=1S/C5H4BrN.C2H6O/c6-5-3-1-2-4-7-5;1-2-3/h1-4H;3H,2H2,1H3. The molecular weight excluding hydrogens is 194 g/mol. The van der Waals surface area contributed by atoms with Crippen molar-refractivity contribution in [2.45, 2.75) is 6.92 Å². The third-order valence-electron chi connectivity index (χ3n) is 0.629. The van der Waals surface area contributed by atoms with Gasteiger partial charge in [-0.25, -0.2) is 4.98 Å². The highest BCUT2D eigenvalue weighted by molar-refractivity contribution is 9.10. The Morgan fingerprint density at radius 1 is 1.60 bits per heavy atom. The fourth-order valence-electron chi connectivity index (χ4n) is 0.342.